The standard InChI is InChI=1S/C34H40N2O4/c1-34(2,3)36-32(39)24-29(23-30(37)20-19-25-12-6-4-7-13-25)33(40)35-21-11-18-31(38)28-17-10-16-27(22-28)26-14-8-5-9-15-26/h4-10,12-17,22,29H,11,18-21,23-24H2,1-3H3,(H,35,40)(H,36,39)/t29-/m0/s1. The molecule has 2 amide bonds. The van der Waals surface area contributed by atoms with Crippen LogP contribution in [0.15, 0.2) is 84.9 Å². The highest BCUT2D eigenvalue weighted by Gasteiger charge is 2.26. The number of amides is 2. The Hall–Kier alpha value is -4.06. The van der Waals surface area contributed by atoms with Gasteiger partial charge in [-0.1, -0.05) is 78.9 Å². The second-order valence-electron chi connectivity index (χ2n) is 11.2. The predicted molar refractivity (Wildman–Crippen MR) is 159 cm³/mol. The van der Waals surface area contributed by atoms with E-state index in [9.17, 15) is 19.2 Å². The van der Waals surface area contributed by atoms with E-state index in [0.717, 1.165) is 16.7 Å². The van der Waals surface area contributed by atoms with Gasteiger partial charge in [-0.3, -0.25) is 19.2 Å². The van der Waals surface area contributed by atoms with E-state index in [4.69, 9.17) is 0 Å². The molecule has 40 heavy (non-hydrogen) atoms. The van der Waals surface area contributed by atoms with Gasteiger partial charge in [0.25, 0.3) is 0 Å². The summed E-state index contributed by atoms with van der Waals surface area (Å²) in [5.74, 6) is -1.42. The molecule has 3 aromatic rings. The Bertz CT molecular complexity index is 1280. The number of nitrogens with one attached hydrogen (secondary N) is 2. The van der Waals surface area contributed by atoms with Gasteiger partial charge in [0.05, 0.1) is 5.92 Å². The Balaban J connectivity index is 1.52. The molecule has 3 rings (SSSR count). The van der Waals surface area contributed by atoms with Gasteiger partial charge in [0.1, 0.15) is 5.78 Å². The summed E-state index contributed by atoms with van der Waals surface area (Å²) < 4.78 is 0. The second kappa shape index (κ2) is 14.9. The minimum atomic E-state index is -0.760. The number of rotatable bonds is 14. The molecule has 0 unspecified atom stereocenters. The Morgan fingerprint density at radius 1 is 0.750 bits per heavy atom. The average Bonchev–Trinajstić information content (AvgIpc) is 2.93. The van der Waals surface area contributed by atoms with Gasteiger partial charge in [0, 0.05) is 43.3 Å². The van der Waals surface area contributed by atoms with Gasteiger partial charge in [-0.05, 0) is 56.4 Å². The third-order valence-electron chi connectivity index (χ3n) is 6.50. The molecule has 0 aliphatic heterocycles. The predicted octanol–water partition coefficient (Wildman–Crippen LogP) is 5.95. The SMILES string of the molecule is CC(C)(C)NC(=O)C[C@H](CC(=O)CCc1ccccc1)C(=O)NCCCC(=O)c1cccc(-c2ccccc2)c1. The molecule has 0 heterocycles. The van der Waals surface area contributed by atoms with Crippen molar-refractivity contribution in [2.75, 3.05) is 6.54 Å². The molecule has 0 spiro atoms. The molecule has 3 aromatic carbocycles. The molecule has 6 nitrogen and oxygen atoms in total. The number of hydrogen-bond acceptors (Lipinski definition) is 4. The van der Waals surface area contributed by atoms with Gasteiger partial charge in [-0.15, -0.1) is 0 Å². The molecular formula is C34H40N2O4. The van der Waals surface area contributed by atoms with E-state index in [1.54, 1.807) is 6.07 Å². The molecule has 0 bridgehead atoms. The third-order valence-corrected chi connectivity index (χ3v) is 6.50. The van der Waals surface area contributed by atoms with Crippen LogP contribution >= 0.6 is 0 Å². The van der Waals surface area contributed by atoms with Crippen LogP contribution in [0.3, 0.4) is 0 Å². The fourth-order valence-corrected chi connectivity index (χ4v) is 4.51. The van der Waals surface area contributed by atoms with Crippen LogP contribution in [0.2, 0.25) is 0 Å². The average molecular weight is 541 g/mol. The van der Waals surface area contributed by atoms with Crippen molar-refractivity contribution in [3.63, 3.8) is 0 Å². The number of carbonyl (C=O) groups excluding carboxylic acids is 4. The molecule has 0 aliphatic rings. The zero-order chi connectivity index (χ0) is 29.0. The number of benzene rings is 3. The summed E-state index contributed by atoms with van der Waals surface area (Å²) in [5, 5.41) is 5.73. The summed E-state index contributed by atoms with van der Waals surface area (Å²) in [6.07, 6.45) is 1.58. The summed E-state index contributed by atoms with van der Waals surface area (Å²) in [7, 11) is 0. The summed E-state index contributed by atoms with van der Waals surface area (Å²) in [6.45, 7) is 5.91. The van der Waals surface area contributed by atoms with Crippen molar-refractivity contribution in [3.05, 3.63) is 96.1 Å². The molecule has 1 atom stereocenters. The van der Waals surface area contributed by atoms with Crippen LogP contribution in [-0.4, -0.2) is 35.5 Å². The number of ketones is 2. The van der Waals surface area contributed by atoms with E-state index in [0.29, 0.717) is 31.4 Å². The van der Waals surface area contributed by atoms with Crippen LogP contribution in [0, 0.1) is 5.92 Å². The van der Waals surface area contributed by atoms with Gasteiger partial charge in [0.15, 0.2) is 5.78 Å². The monoisotopic (exact) mass is 540 g/mol. The molecule has 0 fully saturated rings. The van der Waals surface area contributed by atoms with E-state index in [1.165, 1.54) is 0 Å². The van der Waals surface area contributed by atoms with Gasteiger partial charge in [-0.25, -0.2) is 0 Å². The van der Waals surface area contributed by atoms with E-state index >= 15 is 0 Å². The maximum absolute atomic E-state index is 13.0. The first-order chi connectivity index (χ1) is 19.1. The molecule has 0 aliphatic carbocycles. The second-order valence-corrected chi connectivity index (χ2v) is 11.2. The maximum atomic E-state index is 13.0. The van der Waals surface area contributed by atoms with Crippen molar-refractivity contribution in [1.29, 1.82) is 0 Å². The Morgan fingerprint density at radius 3 is 2.08 bits per heavy atom. The molecule has 0 aromatic heterocycles. The zero-order valence-electron chi connectivity index (χ0n) is 23.7. The van der Waals surface area contributed by atoms with Gasteiger partial charge >= 0.3 is 0 Å². The van der Waals surface area contributed by atoms with E-state index in [2.05, 4.69) is 10.6 Å². The Labute approximate surface area is 237 Å². The van der Waals surface area contributed by atoms with Crippen molar-refractivity contribution >= 4 is 23.4 Å². The lowest BCUT2D eigenvalue weighted by molar-refractivity contribution is -0.133. The number of aryl methyl sites for hydroxylation is 1. The van der Waals surface area contributed by atoms with Crippen LogP contribution in [0.25, 0.3) is 11.1 Å². The lowest BCUT2D eigenvalue weighted by Gasteiger charge is -2.23. The quantitative estimate of drug-likeness (QED) is 0.195. The lowest BCUT2D eigenvalue weighted by Crippen LogP contribution is -2.43. The minimum Gasteiger partial charge on any atom is -0.356 e. The highest BCUT2D eigenvalue weighted by atomic mass is 16.2. The smallest absolute Gasteiger partial charge is 0.224 e. The highest BCUT2D eigenvalue weighted by Crippen LogP contribution is 2.21. The first-order valence-electron chi connectivity index (χ1n) is 13.9. The van der Waals surface area contributed by atoms with E-state index in [1.807, 2.05) is 99.6 Å². The minimum absolute atomic E-state index is 0.00143. The van der Waals surface area contributed by atoms with Crippen molar-refractivity contribution in [2.24, 2.45) is 5.92 Å². The number of Topliss-reactive ketones (excluding diaryl/α,β-unsaturated/α-hetero) is 2. The highest BCUT2D eigenvalue weighted by molar-refractivity contribution is 5.97. The van der Waals surface area contributed by atoms with E-state index < -0.39 is 11.5 Å². The van der Waals surface area contributed by atoms with Gasteiger partial charge in [0.2, 0.25) is 11.8 Å². The van der Waals surface area contributed by atoms with Crippen LogP contribution in [-0.2, 0) is 20.8 Å². The fraction of sp³-hybridized carbons (Fsp3) is 0.353. The summed E-state index contributed by atoms with van der Waals surface area (Å²) in [4.78, 5) is 51.2. The summed E-state index contributed by atoms with van der Waals surface area (Å²) >= 11 is 0. The largest absolute Gasteiger partial charge is 0.356 e. The van der Waals surface area contributed by atoms with Crippen LogP contribution < -0.4 is 10.6 Å². The molecule has 2 N–H and O–H groups in total. The van der Waals surface area contributed by atoms with Crippen molar-refractivity contribution in [3.8, 4) is 11.1 Å². The molecule has 210 valence electrons. The first-order valence-corrected chi connectivity index (χ1v) is 13.9. The molecule has 0 saturated carbocycles. The number of hydrogen-bond donors (Lipinski definition) is 2. The third kappa shape index (κ3) is 10.6. The lowest BCUT2D eigenvalue weighted by atomic mass is 9.94. The van der Waals surface area contributed by atoms with E-state index in [-0.39, 0.29) is 42.6 Å². The normalized spacial score (nSPS) is 11.9. The summed E-state index contributed by atoms with van der Waals surface area (Å²) in [6, 6.07) is 27.1. The summed E-state index contributed by atoms with van der Waals surface area (Å²) in [5.41, 5.74) is 3.28. The Morgan fingerprint density at radius 2 is 1.40 bits per heavy atom. The fourth-order valence-electron chi connectivity index (χ4n) is 4.51. The van der Waals surface area contributed by atoms with Crippen molar-refractivity contribution < 1.29 is 19.2 Å². The van der Waals surface area contributed by atoms with Gasteiger partial charge in [-0.2, -0.15) is 0 Å². The molecule has 0 radical (unpaired) electrons. The zero-order valence-corrected chi connectivity index (χ0v) is 23.7. The molecule has 0 saturated heterocycles. The van der Waals surface area contributed by atoms with Crippen LogP contribution in [0.5, 0.6) is 0 Å². The molecular weight excluding hydrogens is 500 g/mol. The van der Waals surface area contributed by atoms with Crippen LogP contribution in [0.4, 0.5) is 0 Å². The first kappa shape index (κ1) is 30.5. The number of carbonyl (C=O) groups is 4. The topological polar surface area (TPSA) is 92.3 Å². The maximum Gasteiger partial charge on any atom is 0.224 e. The molecule has 6 heteroatoms. The Kier molecular flexibility index (Phi) is 11.4. The van der Waals surface area contributed by atoms with Gasteiger partial charge < -0.3 is 10.6 Å². The van der Waals surface area contributed by atoms with Crippen molar-refractivity contribution in [1.82, 2.24) is 10.6 Å². The van der Waals surface area contributed by atoms with Crippen LogP contribution in [0.1, 0.15) is 68.8 Å². The van der Waals surface area contributed by atoms with Crippen molar-refractivity contribution in [2.45, 2.75) is 64.8 Å².